The molecule has 66 valence electrons. The molecular formula is C7H10N2O2S. The van der Waals surface area contributed by atoms with E-state index in [1.807, 2.05) is 13.8 Å². The molecule has 0 bridgehead atoms. The molecule has 0 amide bonds. The summed E-state index contributed by atoms with van der Waals surface area (Å²) in [6, 6.07) is 1.33. The van der Waals surface area contributed by atoms with Gasteiger partial charge >= 0.3 is 0 Å². The van der Waals surface area contributed by atoms with Crippen LogP contribution in [-0.2, 0) is 0 Å². The van der Waals surface area contributed by atoms with Crippen LogP contribution in [0.2, 0.25) is 0 Å². The number of hydrogen-bond acceptors (Lipinski definition) is 3. The third kappa shape index (κ3) is 2.50. The number of aromatic amines is 2. The zero-order chi connectivity index (χ0) is 9.14. The van der Waals surface area contributed by atoms with E-state index in [2.05, 4.69) is 9.97 Å². The highest BCUT2D eigenvalue weighted by Gasteiger charge is 1.97. The summed E-state index contributed by atoms with van der Waals surface area (Å²) >= 11 is 4.75. The molecule has 0 aromatic carbocycles. The van der Waals surface area contributed by atoms with Gasteiger partial charge in [0, 0.05) is 0 Å². The fourth-order valence-electron chi connectivity index (χ4n) is 0.764. The number of ether oxygens (including phenoxy) is 1. The van der Waals surface area contributed by atoms with Crippen molar-refractivity contribution in [1.29, 1.82) is 0 Å². The summed E-state index contributed by atoms with van der Waals surface area (Å²) in [6.07, 6.45) is 0.0254. The first-order valence-corrected chi connectivity index (χ1v) is 3.99. The molecule has 0 radical (unpaired) electrons. The molecule has 1 rings (SSSR count). The molecule has 1 aromatic rings. The Labute approximate surface area is 74.6 Å². The van der Waals surface area contributed by atoms with Gasteiger partial charge in [0.05, 0.1) is 12.2 Å². The van der Waals surface area contributed by atoms with E-state index >= 15 is 0 Å². The highest BCUT2D eigenvalue weighted by Crippen LogP contribution is 2.02. The van der Waals surface area contributed by atoms with Crippen molar-refractivity contribution in [3.63, 3.8) is 0 Å². The number of hydrogen-bond donors (Lipinski definition) is 2. The van der Waals surface area contributed by atoms with Crippen LogP contribution in [0.5, 0.6) is 5.88 Å². The maximum Gasteiger partial charge on any atom is 0.255 e. The molecule has 1 aromatic heterocycles. The highest BCUT2D eigenvalue weighted by molar-refractivity contribution is 7.71. The van der Waals surface area contributed by atoms with Gasteiger partial charge in [-0.05, 0) is 26.1 Å². The Bertz CT molecular complexity index is 338. The summed E-state index contributed by atoms with van der Waals surface area (Å²) < 4.78 is 5.51. The van der Waals surface area contributed by atoms with Crippen molar-refractivity contribution >= 4 is 12.2 Å². The average molecular weight is 186 g/mol. The largest absolute Gasteiger partial charge is 0.476 e. The molecular weight excluding hydrogens is 176 g/mol. The second kappa shape index (κ2) is 3.53. The Morgan fingerprint density at radius 2 is 2.17 bits per heavy atom. The number of H-pyrrole nitrogens is 2. The van der Waals surface area contributed by atoms with Crippen LogP contribution in [0.15, 0.2) is 10.9 Å². The Morgan fingerprint density at radius 1 is 1.50 bits per heavy atom. The molecule has 5 heteroatoms. The summed E-state index contributed by atoms with van der Waals surface area (Å²) in [5, 5.41) is 0. The van der Waals surface area contributed by atoms with E-state index in [1.54, 1.807) is 0 Å². The van der Waals surface area contributed by atoms with E-state index in [1.165, 1.54) is 6.07 Å². The summed E-state index contributed by atoms with van der Waals surface area (Å²) in [5.74, 6) is 0.402. The van der Waals surface area contributed by atoms with Gasteiger partial charge in [0.15, 0.2) is 10.7 Å². The number of nitrogens with one attached hydrogen (secondary N) is 2. The fourth-order valence-corrected chi connectivity index (χ4v) is 0.965. The lowest BCUT2D eigenvalue weighted by molar-refractivity contribution is 0.231. The van der Waals surface area contributed by atoms with Crippen molar-refractivity contribution in [3.8, 4) is 5.88 Å². The average Bonchev–Trinajstić information content (AvgIpc) is 1.81. The minimum absolute atomic E-state index is 0.0254. The molecule has 1 heterocycles. The quantitative estimate of drug-likeness (QED) is 0.683. The first-order chi connectivity index (χ1) is 5.58. The monoisotopic (exact) mass is 186 g/mol. The second-order valence-electron chi connectivity index (χ2n) is 2.62. The molecule has 2 N–H and O–H groups in total. The first kappa shape index (κ1) is 8.99. The smallest absolute Gasteiger partial charge is 0.255 e. The van der Waals surface area contributed by atoms with Crippen LogP contribution in [0, 0.1) is 4.77 Å². The zero-order valence-electron chi connectivity index (χ0n) is 6.88. The van der Waals surface area contributed by atoms with E-state index in [9.17, 15) is 4.79 Å². The van der Waals surface area contributed by atoms with Gasteiger partial charge in [-0.3, -0.25) is 9.78 Å². The van der Waals surface area contributed by atoms with Crippen molar-refractivity contribution in [3.05, 3.63) is 21.2 Å². The van der Waals surface area contributed by atoms with Crippen LogP contribution >= 0.6 is 12.2 Å². The van der Waals surface area contributed by atoms with Gasteiger partial charge in [0.2, 0.25) is 0 Å². The molecule has 0 saturated heterocycles. The van der Waals surface area contributed by atoms with Crippen molar-refractivity contribution in [2.75, 3.05) is 0 Å². The molecule has 0 fully saturated rings. The second-order valence-corrected chi connectivity index (χ2v) is 3.03. The van der Waals surface area contributed by atoms with Crippen LogP contribution in [0.1, 0.15) is 13.8 Å². The Morgan fingerprint density at radius 3 is 2.67 bits per heavy atom. The molecule has 0 aliphatic heterocycles. The maximum atomic E-state index is 10.9. The van der Waals surface area contributed by atoms with Crippen LogP contribution in [0.4, 0.5) is 0 Å². The van der Waals surface area contributed by atoms with Crippen LogP contribution in [-0.4, -0.2) is 16.1 Å². The predicted molar refractivity (Wildman–Crippen MR) is 48.0 cm³/mol. The number of rotatable bonds is 2. The molecule has 0 aliphatic carbocycles. The third-order valence-corrected chi connectivity index (χ3v) is 1.30. The predicted octanol–water partition coefficient (Wildman–Crippen LogP) is 1.22. The first-order valence-electron chi connectivity index (χ1n) is 3.58. The van der Waals surface area contributed by atoms with Gasteiger partial charge in [-0.15, -0.1) is 0 Å². The minimum atomic E-state index is -0.255. The van der Waals surface area contributed by atoms with E-state index in [0.29, 0.717) is 5.88 Å². The van der Waals surface area contributed by atoms with Crippen LogP contribution < -0.4 is 10.3 Å². The molecule has 0 atom stereocenters. The molecule has 4 nitrogen and oxygen atoms in total. The standard InChI is InChI=1S/C7H10N2O2S/c1-4(2)11-6-3-5(10)8-7(12)9-6/h3-4H,1-2H3,(H2,8,9,10,12). The fraction of sp³-hybridized carbons (Fsp3) is 0.429. The van der Waals surface area contributed by atoms with Gasteiger partial charge in [0.1, 0.15) is 0 Å². The van der Waals surface area contributed by atoms with Gasteiger partial charge in [0.25, 0.3) is 5.56 Å². The van der Waals surface area contributed by atoms with Crippen LogP contribution in [0.3, 0.4) is 0 Å². The SMILES string of the molecule is CC(C)Oc1cc(=O)[nH]c(=S)[nH]1. The summed E-state index contributed by atoms with van der Waals surface area (Å²) in [7, 11) is 0. The van der Waals surface area contributed by atoms with E-state index in [0.717, 1.165) is 0 Å². The van der Waals surface area contributed by atoms with Crippen molar-refractivity contribution < 1.29 is 4.74 Å². The Hall–Kier alpha value is -1.10. The van der Waals surface area contributed by atoms with Crippen molar-refractivity contribution in [2.45, 2.75) is 20.0 Å². The maximum absolute atomic E-state index is 10.9. The van der Waals surface area contributed by atoms with Gasteiger partial charge in [-0.25, -0.2) is 0 Å². The summed E-state index contributed by atoms with van der Waals surface area (Å²) in [5.41, 5.74) is -0.255. The Balaban J connectivity index is 3.01. The van der Waals surface area contributed by atoms with E-state index in [4.69, 9.17) is 17.0 Å². The van der Waals surface area contributed by atoms with Gasteiger partial charge in [-0.1, -0.05) is 0 Å². The number of aromatic nitrogens is 2. The normalized spacial score (nSPS) is 10.2. The summed E-state index contributed by atoms with van der Waals surface area (Å²) in [6.45, 7) is 3.75. The van der Waals surface area contributed by atoms with Crippen LogP contribution in [0.25, 0.3) is 0 Å². The lowest BCUT2D eigenvalue weighted by Gasteiger charge is -2.07. The van der Waals surface area contributed by atoms with E-state index < -0.39 is 0 Å². The minimum Gasteiger partial charge on any atom is -0.476 e. The van der Waals surface area contributed by atoms with E-state index in [-0.39, 0.29) is 16.4 Å². The molecule has 0 unspecified atom stereocenters. The molecule has 0 saturated carbocycles. The van der Waals surface area contributed by atoms with Gasteiger partial charge in [-0.2, -0.15) is 0 Å². The van der Waals surface area contributed by atoms with Crippen molar-refractivity contribution in [1.82, 2.24) is 9.97 Å². The van der Waals surface area contributed by atoms with Gasteiger partial charge < -0.3 is 9.72 Å². The topological polar surface area (TPSA) is 57.9 Å². The Kier molecular flexibility index (Phi) is 2.65. The zero-order valence-corrected chi connectivity index (χ0v) is 7.70. The lowest BCUT2D eigenvalue weighted by Crippen LogP contribution is -2.12. The molecule has 0 spiro atoms. The molecule has 0 aliphatic rings. The van der Waals surface area contributed by atoms with Crippen molar-refractivity contribution in [2.24, 2.45) is 0 Å². The lowest BCUT2D eigenvalue weighted by atomic mass is 10.5. The summed E-state index contributed by atoms with van der Waals surface area (Å²) in [4.78, 5) is 16.0. The molecule has 12 heavy (non-hydrogen) atoms. The third-order valence-electron chi connectivity index (χ3n) is 1.10. The highest BCUT2D eigenvalue weighted by atomic mass is 32.1.